The fraction of sp³-hybridized carbons (Fsp3) is 0.286. The van der Waals surface area contributed by atoms with Crippen molar-refractivity contribution >= 4 is 5.91 Å². The van der Waals surface area contributed by atoms with Crippen LogP contribution < -0.4 is 4.74 Å². The van der Waals surface area contributed by atoms with Crippen LogP contribution in [0.25, 0.3) is 11.5 Å². The summed E-state index contributed by atoms with van der Waals surface area (Å²) in [6.07, 6.45) is 4.20. The third-order valence-corrected chi connectivity index (χ3v) is 4.79. The van der Waals surface area contributed by atoms with E-state index in [-0.39, 0.29) is 18.6 Å². The van der Waals surface area contributed by atoms with Gasteiger partial charge in [-0.25, -0.2) is 4.98 Å². The number of carbonyl (C=O) groups is 1. The van der Waals surface area contributed by atoms with E-state index in [0.717, 1.165) is 19.3 Å². The van der Waals surface area contributed by atoms with Crippen molar-refractivity contribution in [2.45, 2.75) is 25.3 Å². The fourth-order valence-electron chi connectivity index (χ4n) is 3.32. The SMILES string of the molecule is N#Cc1ccc(-c2nc([C@H]3CCCCN3C(=O)COc3ccccc3)no2)cn1. The van der Waals surface area contributed by atoms with Gasteiger partial charge >= 0.3 is 0 Å². The summed E-state index contributed by atoms with van der Waals surface area (Å²) in [4.78, 5) is 23.0. The summed E-state index contributed by atoms with van der Waals surface area (Å²) < 4.78 is 11.0. The lowest BCUT2D eigenvalue weighted by molar-refractivity contribution is -0.137. The molecule has 0 saturated carbocycles. The van der Waals surface area contributed by atoms with E-state index in [1.54, 1.807) is 17.0 Å². The molecule has 8 heteroatoms. The van der Waals surface area contributed by atoms with Crippen molar-refractivity contribution in [1.29, 1.82) is 5.26 Å². The van der Waals surface area contributed by atoms with Crippen molar-refractivity contribution < 1.29 is 14.1 Å². The lowest BCUT2D eigenvalue weighted by Gasteiger charge is -2.33. The van der Waals surface area contributed by atoms with Crippen LogP contribution in [0.2, 0.25) is 0 Å². The van der Waals surface area contributed by atoms with Gasteiger partial charge in [0.1, 0.15) is 17.5 Å². The molecule has 3 heterocycles. The Morgan fingerprint density at radius 3 is 2.86 bits per heavy atom. The standard InChI is InChI=1S/C21H19N5O3/c22-12-16-10-9-15(13-23-16)21-24-20(25-29-21)18-8-4-5-11-26(18)19(27)14-28-17-6-2-1-3-7-17/h1-3,6-7,9-10,13,18H,4-5,8,11,14H2/t18-/m1/s1. The van der Waals surface area contributed by atoms with E-state index in [0.29, 0.717) is 35.3 Å². The van der Waals surface area contributed by atoms with Crippen molar-refractivity contribution in [2.75, 3.05) is 13.2 Å². The molecule has 1 aliphatic rings. The summed E-state index contributed by atoms with van der Waals surface area (Å²) in [7, 11) is 0. The van der Waals surface area contributed by atoms with Crippen molar-refractivity contribution in [1.82, 2.24) is 20.0 Å². The van der Waals surface area contributed by atoms with Gasteiger partial charge in [0.2, 0.25) is 0 Å². The van der Waals surface area contributed by atoms with Crippen LogP contribution in [0.15, 0.2) is 53.2 Å². The lowest BCUT2D eigenvalue weighted by atomic mass is 10.0. The minimum absolute atomic E-state index is 0.0369. The highest BCUT2D eigenvalue weighted by atomic mass is 16.5. The Morgan fingerprint density at radius 2 is 2.10 bits per heavy atom. The molecule has 4 rings (SSSR count). The van der Waals surface area contributed by atoms with Gasteiger partial charge in [0.15, 0.2) is 12.4 Å². The van der Waals surface area contributed by atoms with Gasteiger partial charge in [-0.2, -0.15) is 10.2 Å². The maximum atomic E-state index is 12.8. The molecular formula is C21H19N5O3. The number of rotatable bonds is 5. The quantitative estimate of drug-likeness (QED) is 0.660. The van der Waals surface area contributed by atoms with Gasteiger partial charge in [0, 0.05) is 12.7 Å². The zero-order chi connectivity index (χ0) is 20.1. The molecule has 1 fully saturated rings. The van der Waals surface area contributed by atoms with Gasteiger partial charge in [0.05, 0.1) is 11.6 Å². The molecule has 1 atom stereocenters. The van der Waals surface area contributed by atoms with E-state index in [9.17, 15) is 4.79 Å². The number of nitriles is 1. The van der Waals surface area contributed by atoms with Crippen LogP contribution >= 0.6 is 0 Å². The Morgan fingerprint density at radius 1 is 1.24 bits per heavy atom. The maximum absolute atomic E-state index is 12.8. The van der Waals surface area contributed by atoms with Crippen LogP contribution in [-0.2, 0) is 4.79 Å². The number of amides is 1. The predicted octanol–water partition coefficient (Wildman–Crippen LogP) is 3.14. The average molecular weight is 389 g/mol. The third-order valence-electron chi connectivity index (χ3n) is 4.79. The average Bonchev–Trinajstić information content (AvgIpc) is 3.28. The summed E-state index contributed by atoms with van der Waals surface area (Å²) in [5, 5.41) is 13.0. The summed E-state index contributed by atoms with van der Waals surface area (Å²) >= 11 is 0. The molecule has 2 aromatic heterocycles. The van der Waals surface area contributed by atoms with Crippen LogP contribution in [0.1, 0.15) is 36.8 Å². The molecule has 0 spiro atoms. The molecule has 1 saturated heterocycles. The number of aromatic nitrogens is 3. The first-order valence-corrected chi connectivity index (χ1v) is 9.42. The first-order chi connectivity index (χ1) is 14.2. The number of piperidine rings is 1. The number of ether oxygens (including phenoxy) is 1. The van der Waals surface area contributed by atoms with Gasteiger partial charge in [-0.05, 0) is 43.5 Å². The van der Waals surface area contributed by atoms with E-state index in [2.05, 4.69) is 15.1 Å². The topological polar surface area (TPSA) is 105 Å². The molecule has 0 N–H and O–H groups in total. The van der Waals surface area contributed by atoms with Crippen molar-refractivity contribution in [2.24, 2.45) is 0 Å². The second kappa shape index (κ2) is 8.52. The van der Waals surface area contributed by atoms with Gasteiger partial charge < -0.3 is 14.2 Å². The molecule has 0 radical (unpaired) electrons. The first-order valence-electron chi connectivity index (χ1n) is 9.42. The largest absolute Gasteiger partial charge is 0.484 e. The zero-order valence-corrected chi connectivity index (χ0v) is 15.7. The summed E-state index contributed by atoms with van der Waals surface area (Å²) in [6.45, 7) is 0.592. The van der Waals surface area contributed by atoms with Crippen LogP contribution in [0.3, 0.4) is 0 Å². The predicted molar refractivity (Wildman–Crippen MR) is 102 cm³/mol. The number of pyridine rings is 1. The first kappa shape index (κ1) is 18.6. The smallest absolute Gasteiger partial charge is 0.261 e. The molecule has 146 valence electrons. The molecule has 3 aromatic rings. The Labute approximate surface area is 167 Å². The number of carbonyl (C=O) groups excluding carboxylic acids is 1. The van der Waals surface area contributed by atoms with Crippen LogP contribution in [-0.4, -0.2) is 39.1 Å². The number of likely N-dealkylation sites (tertiary alicyclic amines) is 1. The van der Waals surface area contributed by atoms with Crippen LogP contribution in [0.4, 0.5) is 0 Å². The number of para-hydroxylation sites is 1. The summed E-state index contributed by atoms with van der Waals surface area (Å²) in [5.41, 5.74) is 0.944. The maximum Gasteiger partial charge on any atom is 0.261 e. The number of hydrogen-bond acceptors (Lipinski definition) is 7. The van der Waals surface area contributed by atoms with Crippen molar-refractivity contribution in [3.8, 4) is 23.3 Å². The molecule has 1 aromatic carbocycles. The number of hydrogen-bond donors (Lipinski definition) is 0. The molecular weight excluding hydrogens is 370 g/mol. The third kappa shape index (κ3) is 4.24. The summed E-state index contributed by atoms with van der Waals surface area (Å²) in [6, 6.07) is 14.3. The molecule has 1 aliphatic heterocycles. The van der Waals surface area contributed by atoms with Gasteiger partial charge in [0.25, 0.3) is 11.8 Å². The fourth-order valence-corrected chi connectivity index (χ4v) is 3.32. The number of benzene rings is 1. The molecule has 0 bridgehead atoms. The van der Waals surface area contributed by atoms with Crippen molar-refractivity contribution in [3.05, 3.63) is 60.2 Å². The molecule has 1 amide bonds. The number of nitrogens with zero attached hydrogens (tertiary/aromatic N) is 5. The van der Waals surface area contributed by atoms with E-state index >= 15 is 0 Å². The normalized spacial score (nSPS) is 16.2. The van der Waals surface area contributed by atoms with Crippen LogP contribution in [0, 0.1) is 11.3 Å². The lowest BCUT2D eigenvalue weighted by Crippen LogP contribution is -2.41. The summed E-state index contributed by atoms with van der Waals surface area (Å²) in [5.74, 6) is 1.34. The highest BCUT2D eigenvalue weighted by Gasteiger charge is 2.31. The van der Waals surface area contributed by atoms with E-state index in [1.165, 1.54) is 6.20 Å². The highest BCUT2D eigenvalue weighted by molar-refractivity contribution is 5.78. The van der Waals surface area contributed by atoms with Crippen LogP contribution in [0.5, 0.6) is 5.75 Å². The van der Waals surface area contributed by atoms with Gasteiger partial charge in [-0.15, -0.1) is 0 Å². The Kier molecular flexibility index (Phi) is 5.47. The Hall–Kier alpha value is -3.73. The molecule has 8 nitrogen and oxygen atoms in total. The minimum atomic E-state index is -0.250. The second-order valence-corrected chi connectivity index (χ2v) is 6.70. The monoisotopic (exact) mass is 389 g/mol. The highest BCUT2D eigenvalue weighted by Crippen LogP contribution is 2.30. The second-order valence-electron chi connectivity index (χ2n) is 6.70. The molecule has 0 unspecified atom stereocenters. The van der Waals surface area contributed by atoms with Crippen molar-refractivity contribution in [3.63, 3.8) is 0 Å². The van der Waals surface area contributed by atoms with E-state index < -0.39 is 0 Å². The van der Waals surface area contributed by atoms with E-state index in [4.69, 9.17) is 14.5 Å². The van der Waals surface area contributed by atoms with E-state index in [1.807, 2.05) is 36.4 Å². The Balaban J connectivity index is 1.48. The minimum Gasteiger partial charge on any atom is -0.484 e. The molecule has 0 aliphatic carbocycles. The van der Waals surface area contributed by atoms with Gasteiger partial charge in [-0.1, -0.05) is 23.4 Å². The molecule has 29 heavy (non-hydrogen) atoms. The van der Waals surface area contributed by atoms with Gasteiger partial charge in [-0.3, -0.25) is 4.79 Å². The zero-order valence-electron chi connectivity index (χ0n) is 15.7. The Bertz CT molecular complexity index is 1010.